The number of hydrogen-bond donors (Lipinski definition) is 1. The highest BCUT2D eigenvalue weighted by Gasteiger charge is 2.50. The van der Waals surface area contributed by atoms with Gasteiger partial charge in [0.25, 0.3) is 0 Å². The zero-order valence-corrected chi connectivity index (χ0v) is 12.5. The number of ketones is 1. The predicted molar refractivity (Wildman–Crippen MR) is 78.1 cm³/mol. The summed E-state index contributed by atoms with van der Waals surface area (Å²) in [4.78, 5) is 12.2. The Balaban J connectivity index is 1.54. The first-order chi connectivity index (χ1) is 9.74. The summed E-state index contributed by atoms with van der Waals surface area (Å²) in [7, 11) is 0. The van der Waals surface area contributed by atoms with E-state index in [1.54, 1.807) is 0 Å². The highest BCUT2D eigenvalue weighted by atomic mass is 16.3. The first-order valence-electron chi connectivity index (χ1n) is 8.95. The van der Waals surface area contributed by atoms with Crippen molar-refractivity contribution in [3.63, 3.8) is 0 Å². The van der Waals surface area contributed by atoms with E-state index in [-0.39, 0.29) is 6.10 Å². The summed E-state index contributed by atoms with van der Waals surface area (Å²) < 4.78 is 0. The van der Waals surface area contributed by atoms with Crippen LogP contribution < -0.4 is 0 Å². The van der Waals surface area contributed by atoms with Gasteiger partial charge in [-0.1, -0.05) is 0 Å². The third kappa shape index (κ3) is 2.06. The molecule has 7 atom stereocenters. The Morgan fingerprint density at radius 1 is 0.800 bits per heavy atom. The maximum Gasteiger partial charge on any atom is 0.136 e. The monoisotopic (exact) mass is 276 g/mol. The zero-order valence-electron chi connectivity index (χ0n) is 12.5. The second kappa shape index (κ2) is 5.12. The first kappa shape index (κ1) is 13.3. The molecular formula is C18H28O2. The van der Waals surface area contributed by atoms with E-state index in [0.29, 0.717) is 11.7 Å². The Labute approximate surface area is 122 Å². The second-order valence-corrected chi connectivity index (χ2v) is 8.00. The van der Waals surface area contributed by atoms with E-state index >= 15 is 0 Å². The van der Waals surface area contributed by atoms with Crippen LogP contribution in [0.2, 0.25) is 0 Å². The average molecular weight is 276 g/mol. The van der Waals surface area contributed by atoms with Crippen molar-refractivity contribution in [2.75, 3.05) is 0 Å². The van der Waals surface area contributed by atoms with Crippen molar-refractivity contribution in [1.29, 1.82) is 0 Å². The van der Waals surface area contributed by atoms with Crippen molar-refractivity contribution in [1.82, 2.24) is 0 Å². The zero-order chi connectivity index (χ0) is 13.7. The fraction of sp³-hybridized carbons (Fsp3) is 0.944. The lowest BCUT2D eigenvalue weighted by Crippen LogP contribution is -2.48. The van der Waals surface area contributed by atoms with Crippen molar-refractivity contribution in [2.45, 2.75) is 70.3 Å². The molecule has 2 heteroatoms. The minimum absolute atomic E-state index is 0.0274. The maximum absolute atomic E-state index is 12.2. The standard InChI is InChI=1S/C18H28O2/c19-12-5-7-13-11(10-12)4-6-16-14-2-1-3-18(20)17(14)9-8-15(13)16/h11-17,19H,1-10H2. The van der Waals surface area contributed by atoms with Gasteiger partial charge in [-0.25, -0.2) is 0 Å². The molecule has 112 valence electrons. The van der Waals surface area contributed by atoms with Gasteiger partial charge in [0.15, 0.2) is 0 Å². The summed E-state index contributed by atoms with van der Waals surface area (Å²) in [5, 5.41) is 9.92. The van der Waals surface area contributed by atoms with Crippen LogP contribution in [0.4, 0.5) is 0 Å². The molecule has 0 aromatic carbocycles. The van der Waals surface area contributed by atoms with E-state index in [0.717, 1.165) is 55.3 Å². The van der Waals surface area contributed by atoms with Crippen LogP contribution in [0.25, 0.3) is 0 Å². The van der Waals surface area contributed by atoms with E-state index in [9.17, 15) is 9.90 Å². The topological polar surface area (TPSA) is 37.3 Å². The molecule has 0 spiro atoms. The molecule has 7 unspecified atom stereocenters. The molecule has 0 aromatic heterocycles. The average Bonchev–Trinajstić information content (AvgIpc) is 2.46. The smallest absolute Gasteiger partial charge is 0.136 e. The van der Waals surface area contributed by atoms with E-state index in [4.69, 9.17) is 0 Å². The molecular weight excluding hydrogens is 248 g/mol. The van der Waals surface area contributed by atoms with E-state index in [1.807, 2.05) is 0 Å². The largest absolute Gasteiger partial charge is 0.393 e. The lowest BCUT2D eigenvalue weighted by atomic mass is 9.51. The summed E-state index contributed by atoms with van der Waals surface area (Å²) >= 11 is 0. The van der Waals surface area contributed by atoms with Gasteiger partial charge in [-0.15, -0.1) is 0 Å². The van der Waals surface area contributed by atoms with Crippen LogP contribution in [0.15, 0.2) is 0 Å². The molecule has 4 aliphatic carbocycles. The lowest BCUT2D eigenvalue weighted by molar-refractivity contribution is -0.134. The summed E-state index contributed by atoms with van der Waals surface area (Å²) in [6, 6.07) is 0. The second-order valence-electron chi connectivity index (χ2n) is 8.00. The number of aliphatic hydroxyl groups excluding tert-OH is 1. The molecule has 1 N–H and O–H groups in total. The Kier molecular flexibility index (Phi) is 3.41. The summed E-state index contributed by atoms with van der Waals surface area (Å²) in [6.45, 7) is 0. The normalized spacial score (nSPS) is 51.9. The quantitative estimate of drug-likeness (QED) is 0.734. The Morgan fingerprint density at radius 3 is 2.45 bits per heavy atom. The Bertz CT molecular complexity index is 391. The van der Waals surface area contributed by atoms with Gasteiger partial charge >= 0.3 is 0 Å². The molecule has 4 saturated carbocycles. The van der Waals surface area contributed by atoms with E-state index in [2.05, 4.69) is 0 Å². The first-order valence-corrected chi connectivity index (χ1v) is 8.95. The molecule has 4 rings (SSSR count). The van der Waals surface area contributed by atoms with Crippen LogP contribution in [0.3, 0.4) is 0 Å². The fourth-order valence-electron chi connectivity index (χ4n) is 6.45. The van der Waals surface area contributed by atoms with Gasteiger partial charge in [-0.05, 0) is 87.4 Å². The molecule has 0 aromatic rings. The van der Waals surface area contributed by atoms with Gasteiger partial charge < -0.3 is 5.11 Å². The summed E-state index contributed by atoms with van der Waals surface area (Å²) in [5.74, 6) is 5.12. The van der Waals surface area contributed by atoms with Gasteiger partial charge in [0.1, 0.15) is 5.78 Å². The molecule has 0 heterocycles. The highest BCUT2D eigenvalue weighted by Crippen LogP contribution is 2.56. The minimum Gasteiger partial charge on any atom is -0.393 e. The van der Waals surface area contributed by atoms with Crippen LogP contribution in [0, 0.1) is 35.5 Å². The van der Waals surface area contributed by atoms with Gasteiger partial charge in [0.2, 0.25) is 0 Å². The number of carbonyl (C=O) groups is 1. The van der Waals surface area contributed by atoms with Crippen LogP contribution in [-0.4, -0.2) is 17.0 Å². The van der Waals surface area contributed by atoms with Crippen molar-refractivity contribution < 1.29 is 9.90 Å². The van der Waals surface area contributed by atoms with Crippen LogP contribution in [0.1, 0.15) is 64.2 Å². The number of Topliss-reactive ketones (excluding diaryl/α,β-unsaturated/α-hetero) is 1. The van der Waals surface area contributed by atoms with Crippen molar-refractivity contribution in [2.24, 2.45) is 35.5 Å². The van der Waals surface area contributed by atoms with Crippen LogP contribution >= 0.6 is 0 Å². The lowest BCUT2D eigenvalue weighted by Gasteiger charge is -2.54. The van der Waals surface area contributed by atoms with E-state index < -0.39 is 0 Å². The molecule has 20 heavy (non-hydrogen) atoms. The fourth-order valence-corrected chi connectivity index (χ4v) is 6.45. The number of hydrogen-bond acceptors (Lipinski definition) is 2. The Morgan fingerprint density at radius 2 is 1.55 bits per heavy atom. The maximum atomic E-state index is 12.2. The Hall–Kier alpha value is -0.370. The SMILES string of the molecule is O=C1CCCC2C1CCC1C3CCC(O)CC3CCC21. The summed E-state index contributed by atoms with van der Waals surface area (Å²) in [5.41, 5.74) is 0. The molecule has 2 nitrogen and oxygen atoms in total. The van der Waals surface area contributed by atoms with Gasteiger partial charge in [-0.2, -0.15) is 0 Å². The summed E-state index contributed by atoms with van der Waals surface area (Å²) in [6.07, 6.45) is 11.8. The predicted octanol–water partition coefficient (Wildman–Crippen LogP) is 3.57. The molecule has 4 aliphatic rings. The van der Waals surface area contributed by atoms with Gasteiger partial charge in [0.05, 0.1) is 6.10 Å². The highest BCUT2D eigenvalue weighted by molar-refractivity contribution is 5.82. The number of rotatable bonds is 0. The van der Waals surface area contributed by atoms with Crippen LogP contribution in [0.5, 0.6) is 0 Å². The van der Waals surface area contributed by atoms with Crippen molar-refractivity contribution >= 4 is 5.78 Å². The van der Waals surface area contributed by atoms with E-state index in [1.165, 1.54) is 38.5 Å². The molecule has 0 bridgehead atoms. The van der Waals surface area contributed by atoms with Gasteiger partial charge in [0, 0.05) is 12.3 Å². The molecule has 0 amide bonds. The third-order valence-electron chi connectivity index (χ3n) is 7.24. The van der Waals surface area contributed by atoms with Gasteiger partial charge in [-0.3, -0.25) is 4.79 Å². The van der Waals surface area contributed by atoms with Crippen LogP contribution in [-0.2, 0) is 4.79 Å². The third-order valence-corrected chi connectivity index (χ3v) is 7.24. The van der Waals surface area contributed by atoms with Crippen molar-refractivity contribution in [3.05, 3.63) is 0 Å². The number of aliphatic hydroxyl groups is 1. The number of carbonyl (C=O) groups excluding carboxylic acids is 1. The number of fused-ring (bicyclic) bond motifs is 5. The molecule has 4 fully saturated rings. The molecule has 0 radical (unpaired) electrons. The van der Waals surface area contributed by atoms with Crippen molar-refractivity contribution in [3.8, 4) is 0 Å². The minimum atomic E-state index is -0.0274. The molecule has 0 saturated heterocycles. The molecule has 0 aliphatic heterocycles.